The minimum Gasteiger partial charge on any atom is -0.461 e. The number of nitrogens with zero attached hydrogens (tertiary/aromatic N) is 1. The summed E-state index contributed by atoms with van der Waals surface area (Å²) in [6.45, 7) is 4.14. The molecule has 0 radical (unpaired) electrons. The molecule has 3 nitrogen and oxygen atoms in total. The van der Waals surface area contributed by atoms with Crippen molar-refractivity contribution in [2.45, 2.75) is 18.7 Å². The van der Waals surface area contributed by atoms with Crippen molar-refractivity contribution in [1.82, 2.24) is 4.98 Å². The van der Waals surface area contributed by atoms with Crippen molar-refractivity contribution < 1.29 is 9.53 Å². The molecule has 0 spiro atoms. The van der Waals surface area contributed by atoms with Crippen LogP contribution in [0.5, 0.6) is 0 Å². The third-order valence-electron chi connectivity index (χ3n) is 2.54. The number of carbonyl (C=O) groups excluding carboxylic acids is 1. The van der Waals surface area contributed by atoms with Gasteiger partial charge in [-0.1, -0.05) is 24.6 Å². The number of halogens is 1. The second-order valence-corrected chi connectivity index (χ2v) is 5.51. The van der Waals surface area contributed by atoms with Gasteiger partial charge in [-0.05, 0) is 30.9 Å². The fourth-order valence-electron chi connectivity index (χ4n) is 1.75. The maximum Gasteiger partial charge on any atom is 0.358 e. The summed E-state index contributed by atoms with van der Waals surface area (Å²) < 4.78 is 5.05. The Bertz CT molecular complexity index is 616. The first-order chi connectivity index (χ1) is 9.17. The molecule has 1 aromatic carbocycles. The highest BCUT2D eigenvalue weighted by molar-refractivity contribution is 7.99. The van der Waals surface area contributed by atoms with E-state index in [2.05, 4.69) is 4.98 Å². The Balaban J connectivity index is 2.60. The van der Waals surface area contributed by atoms with E-state index in [1.165, 1.54) is 0 Å². The van der Waals surface area contributed by atoms with Crippen LogP contribution in [0.15, 0.2) is 29.2 Å². The van der Waals surface area contributed by atoms with Gasteiger partial charge in [-0.2, -0.15) is 0 Å². The first-order valence-electron chi connectivity index (χ1n) is 6.06. The maximum atomic E-state index is 11.9. The molecule has 0 aliphatic heterocycles. The summed E-state index contributed by atoms with van der Waals surface area (Å²) in [6, 6.07) is 7.38. The molecule has 0 saturated carbocycles. The van der Waals surface area contributed by atoms with Crippen molar-refractivity contribution in [2.75, 3.05) is 12.4 Å². The normalized spacial score (nSPS) is 10.7. The van der Waals surface area contributed by atoms with Gasteiger partial charge in [0, 0.05) is 15.3 Å². The number of pyridine rings is 1. The van der Waals surface area contributed by atoms with Crippen LogP contribution < -0.4 is 0 Å². The van der Waals surface area contributed by atoms with E-state index in [0.29, 0.717) is 22.8 Å². The van der Waals surface area contributed by atoms with E-state index in [4.69, 9.17) is 16.3 Å². The Kier molecular flexibility index (Phi) is 4.66. The topological polar surface area (TPSA) is 39.2 Å². The number of fused-ring (bicyclic) bond motifs is 1. The molecule has 2 aromatic rings. The van der Waals surface area contributed by atoms with Gasteiger partial charge in [-0.25, -0.2) is 9.78 Å². The molecule has 19 heavy (non-hydrogen) atoms. The lowest BCUT2D eigenvalue weighted by Crippen LogP contribution is -2.09. The average molecular weight is 296 g/mol. The maximum absolute atomic E-state index is 11.9. The van der Waals surface area contributed by atoms with Crippen LogP contribution in [-0.4, -0.2) is 23.3 Å². The van der Waals surface area contributed by atoms with Crippen LogP contribution in [0.2, 0.25) is 5.02 Å². The summed E-state index contributed by atoms with van der Waals surface area (Å²) in [5.74, 6) is 0.463. The van der Waals surface area contributed by atoms with Crippen molar-refractivity contribution in [2.24, 2.45) is 0 Å². The summed E-state index contributed by atoms with van der Waals surface area (Å²) in [5.41, 5.74) is 1.07. The molecule has 5 heteroatoms. The Morgan fingerprint density at radius 2 is 2.21 bits per heavy atom. The third-order valence-corrected chi connectivity index (χ3v) is 3.78. The molecular formula is C14H14ClNO2S. The van der Waals surface area contributed by atoms with Crippen LogP contribution in [0.4, 0.5) is 0 Å². The fourth-order valence-corrected chi connectivity index (χ4v) is 2.75. The zero-order valence-corrected chi connectivity index (χ0v) is 12.3. The molecule has 2 rings (SSSR count). The second kappa shape index (κ2) is 6.26. The van der Waals surface area contributed by atoms with Crippen molar-refractivity contribution in [3.05, 3.63) is 35.0 Å². The van der Waals surface area contributed by atoms with E-state index in [0.717, 1.165) is 16.0 Å². The van der Waals surface area contributed by atoms with Gasteiger partial charge in [0.15, 0.2) is 5.69 Å². The van der Waals surface area contributed by atoms with Crippen LogP contribution in [0.1, 0.15) is 24.3 Å². The molecule has 0 saturated heterocycles. The molecular weight excluding hydrogens is 282 g/mol. The Hall–Kier alpha value is -1.26. The number of hydrogen-bond acceptors (Lipinski definition) is 4. The first kappa shape index (κ1) is 14.2. The number of ether oxygens (including phenoxy) is 1. The number of rotatable bonds is 4. The van der Waals surface area contributed by atoms with E-state index in [1.807, 2.05) is 31.2 Å². The predicted octanol–water partition coefficient (Wildman–Crippen LogP) is 4.18. The quantitative estimate of drug-likeness (QED) is 0.627. The highest BCUT2D eigenvalue weighted by Gasteiger charge is 2.16. The fraction of sp³-hybridized carbons (Fsp3) is 0.286. The molecule has 0 N–H and O–H groups in total. The van der Waals surface area contributed by atoms with Crippen LogP contribution in [0, 0.1) is 0 Å². The van der Waals surface area contributed by atoms with Gasteiger partial charge in [-0.15, -0.1) is 11.8 Å². The highest BCUT2D eigenvalue weighted by Crippen LogP contribution is 2.30. The number of carbonyl (C=O) groups is 1. The Labute approximate surface area is 121 Å². The molecule has 0 amide bonds. The van der Waals surface area contributed by atoms with Gasteiger partial charge >= 0.3 is 5.97 Å². The van der Waals surface area contributed by atoms with E-state index in [1.54, 1.807) is 18.7 Å². The Morgan fingerprint density at radius 1 is 1.42 bits per heavy atom. The average Bonchev–Trinajstić information content (AvgIpc) is 2.39. The molecule has 1 aromatic heterocycles. The highest BCUT2D eigenvalue weighted by atomic mass is 35.5. The van der Waals surface area contributed by atoms with Gasteiger partial charge in [0.1, 0.15) is 0 Å². The van der Waals surface area contributed by atoms with Crippen LogP contribution in [-0.2, 0) is 4.74 Å². The lowest BCUT2D eigenvalue weighted by molar-refractivity contribution is 0.0515. The number of esters is 1. The Morgan fingerprint density at radius 3 is 2.89 bits per heavy atom. The molecule has 0 unspecified atom stereocenters. The van der Waals surface area contributed by atoms with Gasteiger partial charge in [0.2, 0.25) is 0 Å². The monoisotopic (exact) mass is 295 g/mol. The summed E-state index contributed by atoms with van der Waals surface area (Å²) in [4.78, 5) is 17.1. The molecule has 0 aliphatic carbocycles. The lowest BCUT2D eigenvalue weighted by Gasteiger charge is -2.09. The second-order valence-electron chi connectivity index (χ2n) is 3.80. The minimum atomic E-state index is -0.389. The van der Waals surface area contributed by atoms with E-state index >= 15 is 0 Å². The van der Waals surface area contributed by atoms with Crippen LogP contribution >= 0.6 is 23.4 Å². The molecule has 0 fully saturated rings. The number of aromatic nitrogens is 1. The molecule has 0 bridgehead atoms. The summed E-state index contributed by atoms with van der Waals surface area (Å²) in [6.07, 6.45) is 0. The van der Waals surface area contributed by atoms with Gasteiger partial charge < -0.3 is 4.74 Å². The van der Waals surface area contributed by atoms with Gasteiger partial charge in [0.25, 0.3) is 0 Å². The predicted molar refractivity (Wildman–Crippen MR) is 79.1 cm³/mol. The van der Waals surface area contributed by atoms with Crippen molar-refractivity contribution >= 4 is 40.2 Å². The summed E-state index contributed by atoms with van der Waals surface area (Å²) >= 11 is 7.71. The van der Waals surface area contributed by atoms with E-state index < -0.39 is 0 Å². The lowest BCUT2D eigenvalue weighted by atomic mass is 10.2. The molecule has 0 aliphatic rings. The first-order valence-corrected chi connectivity index (χ1v) is 7.43. The summed E-state index contributed by atoms with van der Waals surface area (Å²) in [5, 5.41) is 1.49. The van der Waals surface area contributed by atoms with Crippen LogP contribution in [0.25, 0.3) is 10.9 Å². The smallest absolute Gasteiger partial charge is 0.358 e. The molecule has 100 valence electrons. The molecule has 0 atom stereocenters. The van der Waals surface area contributed by atoms with E-state index in [9.17, 15) is 4.79 Å². The number of thioether (sulfide) groups is 1. The standard InChI is InChI=1S/C14H14ClNO2S/c1-3-18-14(17)13-12(19-4-2)8-9-10(15)6-5-7-11(9)16-13/h5-8H,3-4H2,1-2H3. The van der Waals surface area contributed by atoms with Gasteiger partial charge in [0.05, 0.1) is 12.1 Å². The van der Waals surface area contributed by atoms with Crippen molar-refractivity contribution in [1.29, 1.82) is 0 Å². The number of hydrogen-bond donors (Lipinski definition) is 0. The molecule has 1 heterocycles. The van der Waals surface area contributed by atoms with Crippen LogP contribution in [0.3, 0.4) is 0 Å². The van der Waals surface area contributed by atoms with Gasteiger partial charge in [-0.3, -0.25) is 0 Å². The number of benzene rings is 1. The summed E-state index contributed by atoms with van der Waals surface area (Å²) in [7, 11) is 0. The third kappa shape index (κ3) is 3.01. The van der Waals surface area contributed by atoms with Crippen molar-refractivity contribution in [3.63, 3.8) is 0 Å². The SMILES string of the molecule is CCOC(=O)c1nc2cccc(Cl)c2cc1SCC. The van der Waals surface area contributed by atoms with Crippen molar-refractivity contribution in [3.8, 4) is 0 Å². The zero-order chi connectivity index (χ0) is 13.8. The minimum absolute atomic E-state index is 0.338. The largest absolute Gasteiger partial charge is 0.461 e. The zero-order valence-electron chi connectivity index (χ0n) is 10.8. The van der Waals surface area contributed by atoms with E-state index in [-0.39, 0.29) is 5.97 Å².